The Morgan fingerprint density at radius 2 is 0.364 bits per heavy atom. The molecule has 3 aromatic heterocycles. The van der Waals surface area contributed by atoms with Crippen molar-refractivity contribution in [2.75, 3.05) is 0 Å². The average Bonchev–Trinajstić information content (AvgIpc) is 1.60. The maximum Gasteiger partial charge on any atom is 0.0541 e. The first-order valence-corrected chi connectivity index (χ1v) is 34.1. The molecule has 0 fully saturated rings. The summed E-state index contributed by atoms with van der Waals surface area (Å²) in [6, 6.07) is 138. The van der Waals surface area contributed by atoms with Crippen LogP contribution in [-0.2, 0) is 0 Å². The van der Waals surface area contributed by atoms with E-state index in [9.17, 15) is 0 Å². The van der Waals surface area contributed by atoms with Gasteiger partial charge in [-0.05, 0) is 208 Å². The van der Waals surface area contributed by atoms with Gasteiger partial charge in [0.25, 0.3) is 0 Å². The standard InChI is InChI=1S/C96H63N3/c1-5-21-65(22-6-1)77-29-13-17-33-81(77)71-43-53-93-87(59-71)88-60-72(82-34-18-14-30-78(82)66-23-7-2-8-24-66)44-54-94(88)98(93)75-47-37-63(38-48-75)69-41-51-91-85(57-69)86-58-70(42-52-92(86)97-91)64-39-49-76(50-40-64)99-95-55-45-73(83-35-19-15-31-79(83)67-25-9-3-10-26-67)61-89(95)90-62-74(46-56-96(90)99)84-36-20-16-32-80(84)68-27-11-4-12-28-68/h1-62,97H. The van der Waals surface area contributed by atoms with E-state index in [2.05, 4.69) is 390 Å². The van der Waals surface area contributed by atoms with Crippen LogP contribution in [0.25, 0.3) is 188 Å². The second-order valence-electron chi connectivity index (χ2n) is 26.0. The van der Waals surface area contributed by atoms with Crippen LogP contribution in [0.3, 0.4) is 0 Å². The smallest absolute Gasteiger partial charge is 0.0541 e. The summed E-state index contributed by atoms with van der Waals surface area (Å²) in [5.74, 6) is 0. The summed E-state index contributed by atoms with van der Waals surface area (Å²) < 4.78 is 4.89. The number of H-pyrrole nitrogens is 1. The van der Waals surface area contributed by atoms with Gasteiger partial charge in [-0.15, -0.1) is 0 Å². The predicted molar refractivity (Wildman–Crippen MR) is 419 cm³/mol. The van der Waals surface area contributed by atoms with Crippen molar-refractivity contribution in [2.45, 2.75) is 0 Å². The van der Waals surface area contributed by atoms with Crippen LogP contribution in [0, 0.1) is 0 Å². The minimum atomic E-state index is 1.11. The molecule has 99 heavy (non-hydrogen) atoms. The molecule has 0 atom stereocenters. The van der Waals surface area contributed by atoms with E-state index in [-0.39, 0.29) is 0 Å². The quantitative estimate of drug-likeness (QED) is 0.126. The molecule has 0 spiro atoms. The van der Waals surface area contributed by atoms with Gasteiger partial charge < -0.3 is 14.1 Å². The third kappa shape index (κ3) is 10.1. The average molecular weight is 1260 g/mol. The first-order chi connectivity index (χ1) is 49.1. The number of aromatic amines is 1. The maximum atomic E-state index is 3.75. The van der Waals surface area contributed by atoms with Crippen LogP contribution in [-0.4, -0.2) is 14.1 Å². The predicted octanol–water partition coefficient (Wildman–Crippen LogP) is 26.2. The van der Waals surface area contributed by atoms with Crippen LogP contribution in [0.5, 0.6) is 0 Å². The SMILES string of the molecule is c1ccc(-c2ccccc2-c2ccc3c(c2)c2cc(-c4ccccc4-c4ccccc4)ccc2n3-c2ccc(-c3ccc4[nH]c5ccc(-c6ccc(-n7c8ccc(-c9ccccc9-c9ccccc9)cc8c8cc(-c9ccccc9-c9ccccc9)ccc87)cc6)cc5c4c3)cc2)cc1. The molecule has 19 aromatic rings. The van der Waals surface area contributed by atoms with Crippen molar-refractivity contribution in [1.82, 2.24) is 14.1 Å². The molecule has 3 heterocycles. The Morgan fingerprint density at radius 1 is 0.152 bits per heavy atom. The van der Waals surface area contributed by atoms with Gasteiger partial charge in [-0.2, -0.15) is 0 Å². The molecular formula is C96H63N3. The molecule has 0 amide bonds. The van der Waals surface area contributed by atoms with Crippen LogP contribution < -0.4 is 0 Å². The highest BCUT2D eigenvalue weighted by molar-refractivity contribution is 6.15. The Bertz CT molecular complexity index is 5630. The van der Waals surface area contributed by atoms with E-state index in [1.807, 2.05) is 0 Å². The molecule has 0 saturated heterocycles. The third-order valence-electron chi connectivity index (χ3n) is 20.3. The number of benzene rings is 16. The molecule has 462 valence electrons. The van der Waals surface area contributed by atoms with Crippen molar-refractivity contribution in [3.63, 3.8) is 0 Å². The summed E-state index contributed by atoms with van der Waals surface area (Å²) in [5.41, 5.74) is 33.1. The molecular weight excluding hydrogens is 1200 g/mol. The van der Waals surface area contributed by atoms with Crippen LogP contribution in [0.15, 0.2) is 376 Å². The number of nitrogens with one attached hydrogen (secondary N) is 1. The van der Waals surface area contributed by atoms with Gasteiger partial charge in [0.2, 0.25) is 0 Å². The van der Waals surface area contributed by atoms with Gasteiger partial charge in [0, 0.05) is 54.7 Å². The summed E-state index contributed by atoms with van der Waals surface area (Å²) in [7, 11) is 0. The molecule has 0 unspecified atom stereocenters. The summed E-state index contributed by atoms with van der Waals surface area (Å²) >= 11 is 0. The van der Waals surface area contributed by atoms with Gasteiger partial charge in [-0.25, -0.2) is 0 Å². The molecule has 3 nitrogen and oxygen atoms in total. The van der Waals surface area contributed by atoms with Gasteiger partial charge in [0.05, 0.1) is 22.1 Å². The first-order valence-electron chi connectivity index (χ1n) is 34.1. The third-order valence-corrected chi connectivity index (χ3v) is 20.3. The number of nitrogens with zero attached hydrogens (tertiary/aromatic N) is 2. The molecule has 0 aliphatic rings. The molecule has 16 aromatic carbocycles. The number of hydrogen-bond donors (Lipinski definition) is 1. The largest absolute Gasteiger partial charge is 0.355 e. The lowest BCUT2D eigenvalue weighted by molar-refractivity contribution is 1.18. The fourth-order valence-corrected chi connectivity index (χ4v) is 15.6. The summed E-state index contributed by atoms with van der Waals surface area (Å²) in [6.45, 7) is 0. The number of aromatic nitrogens is 3. The normalized spacial score (nSPS) is 11.6. The fourth-order valence-electron chi connectivity index (χ4n) is 15.6. The molecule has 0 saturated carbocycles. The van der Waals surface area contributed by atoms with Crippen molar-refractivity contribution in [3.05, 3.63) is 376 Å². The van der Waals surface area contributed by atoms with Gasteiger partial charge in [-0.3, -0.25) is 0 Å². The second-order valence-corrected chi connectivity index (χ2v) is 26.0. The molecule has 0 radical (unpaired) electrons. The molecule has 0 aliphatic heterocycles. The van der Waals surface area contributed by atoms with E-state index in [1.54, 1.807) is 0 Å². The summed E-state index contributed by atoms with van der Waals surface area (Å²) in [6.07, 6.45) is 0. The highest BCUT2D eigenvalue weighted by Crippen LogP contribution is 2.45. The maximum absolute atomic E-state index is 3.75. The highest BCUT2D eigenvalue weighted by Gasteiger charge is 2.21. The Labute approximate surface area is 574 Å². The van der Waals surface area contributed by atoms with Crippen LogP contribution in [0.1, 0.15) is 0 Å². The summed E-state index contributed by atoms with van der Waals surface area (Å²) in [5, 5.41) is 7.24. The fraction of sp³-hybridized carbons (Fsp3) is 0. The van der Waals surface area contributed by atoms with Gasteiger partial charge in [0.1, 0.15) is 0 Å². The number of hydrogen-bond acceptors (Lipinski definition) is 0. The van der Waals surface area contributed by atoms with E-state index in [1.165, 1.54) is 132 Å². The second kappa shape index (κ2) is 24.0. The van der Waals surface area contributed by atoms with Crippen LogP contribution >= 0.6 is 0 Å². The van der Waals surface area contributed by atoms with E-state index in [0.717, 1.165) is 55.6 Å². The van der Waals surface area contributed by atoms with Crippen molar-refractivity contribution in [2.24, 2.45) is 0 Å². The summed E-state index contributed by atoms with van der Waals surface area (Å²) in [4.78, 5) is 3.75. The Hall–Kier alpha value is -13.1. The van der Waals surface area contributed by atoms with E-state index in [4.69, 9.17) is 0 Å². The lowest BCUT2D eigenvalue weighted by atomic mass is 9.92. The molecule has 0 aliphatic carbocycles. The van der Waals surface area contributed by atoms with Crippen LogP contribution in [0.2, 0.25) is 0 Å². The Kier molecular flexibility index (Phi) is 13.9. The lowest BCUT2D eigenvalue weighted by Crippen LogP contribution is -1.94. The van der Waals surface area contributed by atoms with Gasteiger partial charge in [-0.1, -0.05) is 279 Å². The monoisotopic (exact) mass is 1260 g/mol. The number of rotatable bonds is 12. The van der Waals surface area contributed by atoms with Gasteiger partial charge in [0.15, 0.2) is 0 Å². The molecule has 1 N–H and O–H groups in total. The van der Waals surface area contributed by atoms with Crippen molar-refractivity contribution in [3.8, 4) is 123 Å². The van der Waals surface area contributed by atoms with Crippen LogP contribution in [0.4, 0.5) is 0 Å². The van der Waals surface area contributed by atoms with E-state index in [0.29, 0.717) is 0 Å². The Balaban J connectivity index is 0.673. The van der Waals surface area contributed by atoms with Crippen molar-refractivity contribution >= 4 is 65.4 Å². The zero-order chi connectivity index (χ0) is 65.3. The zero-order valence-corrected chi connectivity index (χ0v) is 54.2. The minimum absolute atomic E-state index is 1.11. The first kappa shape index (κ1) is 57.4. The topological polar surface area (TPSA) is 25.6 Å². The van der Waals surface area contributed by atoms with E-state index < -0.39 is 0 Å². The molecule has 0 bridgehead atoms. The highest BCUT2D eigenvalue weighted by atomic mass is 15.0. The molecule has 19 rings (SSSR count). The van der Waals surface area contributed by atoms with Gasteiger partial charge >= 0.3 is 0 Å². The van der Waals surface area contributed by atoms with Crippen molar-refractivity contribution < 1.29 is 0 Å². The van der Waals surface area contributed by atoms with E-state index >= 15 is 0 Å². The van der Waals surface area contributed by atoms with Crippen molar-refractivity contribution in [1.29, 1.82) is 0 Å². The lowest BCUT2D eigenvalue weighted by Gasteiger charge is -2.12. The molecule has 3 heteroatoms. The minimum Gasteiger partial charge on any atom is -0.355 e. The Morgan fingerprint density at radius 3 is 0.626 bits per heavy atom. The number of fused-ring (bicyclic) bond motifs is 9. The zero-order valence-electron chi connectivity index (χ0n) is 54.2.